The Morgan fingerprint density at radius 3 is 2.73 bits per heavy atom. The maximum Gasteiger partial charge on any atom is 0.124 e. The fourth-order valence-corrected chi connectivity index (χ4v) is 0.825. The quantitative estimate of drug-likeness (QED) is 0.363. The van der Waals surface area contributed by atoms with E-state index in [1.165, 1.54) is 6.21 Å². The molecule has 0 aliphatic rings. The van der Waals surface area contributed by atoms with Gasteiger partial charge >= 0.3 is 0 Å². The van der Waals surface area contributed by atoms with Crippen LogP contribution in [0.2, 0.25) is 0 Å². The van der Waals surface area contributed by atoms with Gasteiger partial charge in [0.2, 0.25) is 0 Å². The summed E-state index contributed by atoms with van der Waals surface area (Å²) >= 11 is 0. The Hall–Kier alpha value is -1.51. The van der Waals surface area contributed by atoms with Crippen LogP contribution in [0.5, 0.6) is 5.75 Å². The molecule has 0 amide bonds. The van der Waals surface area contributed by atoms with Gasteiger partial charge in [0.1, 0.15) is 5.75 Å². The van der Waals surface area contributed by atoms with Crippen molar-refractivity contribution >= 4 is 6.21 Å². The monoisotopic (exact) mass is 151 g/mol. The molecule has 2 N–H and O–H groups in total. The second-order valence-corrected chi connectivity index (χ2v) is 2.31. The number of rotatable bonds is 1. The van der Waals surface area contributed by atoms with Crippen LogP contribution in [-0.4, -0.2) is 16.5 Å². The van der Waals surface area contributed by atoms with Crippen LogP contribution in [0.1, 0.15) is 11.1 Å². The molecule has 3 heteroatoms. The molecule has 1 aromatic rings. The van der Waals surface area contributed by atoms with Gasteiger partial charge in [-0.2, -0.15) is 0 Å². The minimum absolute atomic E-state index is 0.128. The Morgan fingerprint density at radius 2 is 2.18 bits per heavy atom. The molecule has 0 saturated heterocycles. The van der Waals surface area contributed by atoms with Crippen LogP contribution in [0.25, 0.3) is 0 Å². The average Bonchev–Trinajstić information content (AvgIpc) is 1.95. The molecule has 0 fully saturated rings. The van der Waals surface area contributed by atoms with Crippen LogP contribution in [-0.2, 0) is 0 Å². The lowest BCUT2D eigenvalue weighted by molar-refractivity contribution is 0.321. The first-order chi connectivity index (χ1) is 5.24. The molecular formula is C8H9NO2. The molecule has 0 aliphatic heterocycles. The van der Waals surface area contributed by atoms with E-state index in [0.717, 1.165) is 5.56 Å². The Kier molecular flexibility index (Phi) is 2.11. The molecule has 11 heavy (non-hydrogen) atoms. The normalized spacial score (nSPS) is 10.6. The SMILES string of the molecule is Cc1ccc(/C=N\O)c(O)c1. The topological polar surface area (TPSA) is 52.8 Å². The first kappa shape index (κ1) is 7.60. The zero-order valence-electron chi connectivity index (χ0n) is 6.15. The summed E-state index contributed by atoms with van der Waals surface area (Å²) in [5.41, 5.74) is 1.48. The van der Waals surface area contributed by atoms with E-state index in [1.54, 1.807) is 12.1 Å². The maximum atomic E-state index is 9.22. The summed E-state index contributed by atoms with van der Waals surface area (Å²) in [5, 5.41) is 20.2. The number of hydrogen-bond acceptors (Lipinski definition) is 3. The average molecular weight is 151 g/mol. The second kappa shape index (κ2) is 3.05. The molecule has 0 heterocycles. The number of nitrogens with zero attached hydrogens (tertiary/aromatic N) is 1. The van der Waals surface area contributed by atoms with Crippen LogP contribution >= 0.6 is 0 Å². The number of aryl methyl sites for hydroxylation is 1. The molecule has 0 spiro atoms. The number of phenols is 1. The highest BCUT2D eigenvalue weighted by Gasteiger charge is 1.96. The number of benzene rings is 1. The zero-order chi connectivity index (χ0) is 8.27. The van der Waals surface area contributed by atoms with E-state index >= 15 is 0 Å². The molecule has 3 nitrogen and oxygen atoms in total. The summed E-state index contributed by atoms with van der Waals surface area (Å²) in [6.45, 7) is 1.87. The van der Waals surface area contributed by atoms with Crippen molar-refractivity contribution in [2.24, 2.45) is 5.16 Å². The largest absolute Gasteiger partial charge is 0.507 e. The third-order valence-electron chi connectivity index (χ3n) is 1.38. The highest BCUT2D eigenvalue weighted by Crippen LogP contribution is 2.15. The molecule has 1 rings (SSSR count). The van der Waals surface area contributed by atoms with Crippen molar-refractivity contribution in [2.45, 2.75) is 6.92 Å². The molecule has 0 aliphatic carbocycles. The molecule has 0 bridgehead atoms. The van der Waals surface area contributed by atoms with Gasteiger partial charge < -0.3 is 10.3 Å². The van der Waals surface area contributed by atoms with Gasteiger partial charge in [-0.1, -0.05) is 11.2 Å². The van der Waals surface area contributed by atoms with E-state index in [4.69, 9.17) is 5.21 Å². The van der Waals surface area contributed by atoms with Gasteiger partial charge in [0, 0.05) is 5.56 Å². The Balaban J connectivity index is 3.09. The fraction of sp³-hybridized carbons (Fsp3) is 0.125. The molecule has 1 aromatic carbocycles. The van der Waals surface area contributed by atoms with Crippen LogP contribution in [0.3, 0.4) is 0 Å². The number of phenolic OH excluding ortho intramolecular Hbond substituents is 1. The van der Waals surface area contributed by atoms with E-state index in [2.05, 4.69) is 5.16 Å². The number of oxime groups is 1. The maximum absolute atomic E-state index is 9.22. The van der Waals surface area contributed by atoms with E-state index in [9.17, 15) is 5.11 Å². The van der Waals surface area contributed by atoms with Crippen molar-refractivity contribution in [3.05, 3.63) is 29.3 Å². The van der Waals surface area contributed by atoms with Crippen LogP contribution < -0.4 is 0 Å². The van der Waals surface area contributed by atoms with Gasteiger partial charge in [0.15, 0.2) is 0 Å². The summed E-state index contributed by atoms with van der Waals surface area (Å²) in [4.78, 5) is 0. The van der Waals surface area contributed by atoms with Gasteiger partial charge in [-0.3, -0.25) is 0 Å². The summed E-state index contributed by atoms with van der Waals surface area (Å²) in [6.07, 6.45) is 1.19. The molecule has 0 unspecified atom stereocenters. The molecule has 58 valence electrons. The third kappa shape index (κ3) is 1.70. The van der Waals surface area contributed by atoms with Crippen LogP contribution in [0, 0.1) is 6.92 Å². The van der Waals surface area contributed by atoms with Crippen molar-refractivity contribution in [3.8, 4) is 5.75 Å². The van der Waals surface area contributed by atoms with Gasteiger partial charge in [0.05, 0.1) is 6.21 Å². The molecule has 0 radical (unpaired) electrons. The highest BCUT2D eigenvalue weighted by molar-refractivity contribution is 5.82. The van der Waals surface area contributed by atoms with E-state index in [-0.39, 0.29) is 5.75 Å². The zero-order valence-corrected chi connectivity index (χ0v) is 6.15. The first-order valence-corrected chi connectivity index (χ1v) is 3.21. The summed E-state index contributed by atoms with van der Waals surface area (Å²) in [7, 11) is 0. The Bertz CT molecular complexity index is 281. The minimum atomic E-state index is 0.128. The van der Waals surface area contributed by atoms with Crippen molar-refractivity contribution in [1.29, 1.82) is 0 Å². The van der Waals surface area contributed by atoms with Crippen molar-refractivity contribution in [2.75, 3.05) is 0 Å². The third-order valence-corrected chi connectivity index (χ3v) is 1.38. The van der Waals surface area contributed by atoms with Gasteiger partial charge in [-0.15, -0.1) is 0 Å². The number of aromatic hydroxyl groups is 1. The predicted molar refractivity (Wildman–Crippen MR) is 42.2 cm³/mol. The van der Waals surface area contributed by atoms with E-state index < -0.39 is 0 Å². The fourth-order valence-electron chi connectivity index (χ4n) is 0.825. The highest BCUT2D eigenvalue weighted by atomic mass is 16.4. The minimum Gasteiger partial charge on any atom is -0.507 e. The second-order valence-electron chi connectivity index (χ2n) is 2.31. The smallest absolute Gasteiger partial charge is 0.124 e. The van der Waals surface area contributed by atoms with Gasteiger partial charge in [-0.25, -0.2) is 0 Å². The summed E-state index contributed by atoms with van der Waals surface area (Å²) in [5.74, 6) is 0.128. The molecule has 0 atom stereocenters. The standard InChI is InChI=1S/C8H9NO2/c1-6-2-3-7(5-9-11)8(10)4-6/h2-5,10-11H,1H3/b9-5-. The van der Waals surface area contributed by atoms with E-state index in [1.807, 2.05) is 13.0 Å². The van der Waals surface area contributed by atoms with E-state index in [0.29, 0.717) is 5.56 Å². The predicted octanol–water partition coefficient (Wildman–Crippen LogP) is 1.51. The van der Waals surface area contributed by atoms with Crippen LogP contribution in [0.4, 0.5) is 0 Å². The van der Waals surface area contributed by atoms with Crippen molar-refractivity contribution < 1.29 is 10.3 Å². The lowest BCUT2D eigenvalue weighted by Gasteiger charge is -1.97. The Labute approximate surface area is 64.6 Å². The Morgan fingerprint density at radius 1 is 1.45 bits per heavy atom. The summed E-state index contributed by atoms with van der Waals surface area (Å²) in [6, 6.07) is 5.12. The summed E-state index contributed by atoms with van der Waals surface area (Å²) < 4.78 is 0. The van der Waals surface area contributed by atoms with Crippen molar-refractivity contribution in [1.82, 2.24) is 0 Å². The lowest BCUT2D eigenvalue weighted by atomic mass is 10.1. The van der Waals surface area contributed by atoms with Crippen molar-refractivity contribution in [3.63, 3.8) is 0 Å². The molecule has 0 saturated carbocycles. The first-order valence-electron chi connectivity index (χ1n) is 3.21. The van der Waals surface area contributed by atoms with Crippen LogP contribution in [0.15, 0.2) is 23.4 Å². The lowest BCUT2D eigenvalue weighted by Crippen LogP contribution is -1.82. The molecular weight excluding hydrogens is 142 g/mol. The number of hydrogen-bond donors (Lipinski definition) is 2. The molecule has 0 aromatic heterocycles. The van der Waals surface area contributed by atoms with Gasteiger partial charge in [0.25, 0.3) is 0 Å². The van der Waals surface area contributed by atoms with Gasteiger partial charge in [-0.05, 0) is 24.6 Å².